The maximum atomic E-state index is 13.6. The van der Waals surface area contributed by atoms with Gasteiger partial charge in [-0.1, -0.05) is 24.3 Å². The normalized spacial score (nSPS) is 14.7. The molecular formula is C21H22FNO4. The van der Waals surface area contributed by atoms with Crippen LogP contribution in [0.25, 0.3) is 0 Å². The minimum absolute atomic E-state index is 0.152. The summed E-state index contributed by atoms with van der Waals surface area (Å²) in [6.45, 7) is 3.65. The van der Waals surface area contributed by atoms with Crippen LogP contribution in [0.5, 0.6) is 5.75 Å². The van der Waals surface area contributed by atoms with Crippen molar-refractivity contribution in [2.75, 3.05) is 5.32 Å². The Labute approximate surface area is 157 Å². The Morgan fingerprint density at radius 1 is 1.19 bits per heavy atom. The summed E-state index contributed by atoms with van der Waals surface area (Å²) >= 11 is 0. The van der Waals surface area contributed by atoms with E-state index in [1.54, 1.807) is 0 Å². The van der Waals surface area contributed by atoms with Crippen LogP contribution in [0.1, 0.15) is 31.4 Å². The van der Waals surface area contributed by atoms with Crippen LogP contribution in [-0.4, -0.2) is 23.1 Å². The quantitative estimate of drug-likeness (QED) is 0.810. The third-order valence-corrected chi connectivity index (χ3v) is 4.71. The molecule has 0 atom stereocenters. The van der Waals surface area contributed by atoms with E-state index < -0.39 is 23.1 Å². The Morgan fingerprint density at radius 2 is 1.81 bits per heavy atom. The first-order valence-electron chi connectivity index (χ1n) is 8.85. The predicted octanol–water partition coefficient (Wildman–Crippen LogP) is 3.81. The van der Waals surface area contributed by atoms with Gasteiger partial charge in [-0.25, -0.2) is 4.39 Å². The third-order valence-electron chi connectivity index (χ3n) is 4.71. The molecule has 0 saturated heterocycles. The topological polar surface area (TPSA) is 75.6 Å². The molecule has 0 aliphatic heterocycles. The number of carboxylic acid groups (broad SMARTS) is 1. The highest BCUT2D eigenvalue weighted by atomic mass is 19.1. The van der Waals surface area contributed by atoms with Crippen molar-refractivity contribution in [2.24, 2.45) is 5.41 Å². The number of anilines is 1. The summed E-state index contributed by atoms with van der Waals surface area (Å²) in [4.78, 5) is 24.6. The van der Waals surface area contributed by atoms with Crippen molar-refractivity contribution in [3.8, 4) is 5.75 Å². The van der Waals surface area contributed by atoms with Crippen molar-refractivity contribution < 1.29 is 23.8 Å². The lowest BCUT2D eigenvalue weighted by molar-refractivity contribution is -0.150. The summed E-state index contributed by atoms with van der Waals surface area (Å²) in [6.07, 6.45) is 0.240. The number of hydrogen-bond donors (Lipinski definition) is 2. The lowest BCUT2D eigenvalue weighted by Crippen LogP contribution is -2.36. The number of carbonyl (C=O) groups is 2. The van der Waals surface area contributed by atoms with Crippen LogP contribution in [0.2, 0.25) is 0 Å². The molecule has 5 nitrogen and oxygen atoms in total. The van der Waals surface area contributed by atoms with Crippen molar-refractivity contribution in [3.63, 3.8) is 0 Å². The highest BCUT2D eigenvalue weighted by Crippen LogP contribution is 2.40. The standard InChI is InChI=1S/C21H22FNO4/c1-13(2)27-18-8-7-16(22)9-17(18)23-19(24)12-21(20(25)26)10-14-5-3-4-6-15(14)11-21/h3-9,13H,10-12H2,1-2H3,(H,23,24)(H,25,26). The second-order valence-corrected chi connectivity index (χ2v) is 7.24. The maximum Gasteiger partial charge on any atom is 0.310 e. The summed E-state index contributed by atoms with van der Waals surface area (Å²) in [5, 5.41) is 12.4. The number of benzene rings is 2. The van der Waals surface area contributed by atoms with Crippen molar-refractivity contribution in [1.29, 1.82) is 0 Å². The fourth-order valence-electron chi connectivity index (χ4n) is 3.50. The number of rotatable bonds is 6. The van der Waals surface area contributed by atoms with Gasteiger partial charge in [0.25, 0.3) is 0 Å². The molecule has 0 fully saturated rings. The molecule has 0 spiro atoms. The second kappa shape index (κ2) is 7.39. The van der Waals surface area contributed by atoms with Gasteiger partial charge in [0.05, 0.1) is 17.2 Å². The molecule has 0 unspecified atom stereocenters. The van der Waals surface area contributed by atoms with Gasteiger partial charge in [0.1, 0.15) is 11.6 Å². The first-order chi connectivity index (χ1) is 12.8. The van der Waals surface area contributed by atoms with E-state index in [-0.39, 0.29) is 18.2 Å². The molecule has 2 aromatic carbocycles. The summed E-state index contributed by atoms with van der Waals surface area (Å²) in [7, 11) is 0. The molecule has 0 radical (unpaired) electrons. The molecule has 1 aliphatic carbocycles. The molecule has 0 bridgehead atoms. The zero-order chi connectivity index (χ0) is 19.6. The molecule has 1 aliphatic rings. The maximum absolute atomic E-state index is 13.6. The van der Waals surface area contributed by atoms with E-state index in [4.69, 9.17) is 4.74 Å². The number of fused-ring (bicyclic) bond motifs is 1. The Hall–Kier alpha value is -2.89. The largest absolute Gasteiger partial charge is 0.489 e. The van der Waals surface area contributed by atoms with E-state index in [0.29, 0.717) is 18.6 Å². The summed E-state index contributed by atoms with van der Waals surface area (Å²) in [5.74, 6) is -1.65. The highest BCUT2D eigenvalue weighted by molar-refractivity contribution is 5.96. The van der Waals surface area contributed by atoms with Gasteiger partial charge in [-0.3, -0.25) is 9.59 Å². The molecule has 1 amide bonds. The zero-order valence-corrected chi connectivity index (χ0v) is 15.3. The second-order valence-electron chi connectivity index (χ2n) is 7.24. The number of amides is 1. The van der Waals surface area contributed by atoms with Crippen molar-refractivity contribution in [1.82, 2.24) is 0 Å². The lowest BCUT2D eigenvalue weighted by atomic mass is 9.81. The Bertz CT molecular complexity index is 853. The smallest absolute Gasteiger partial charge is 0.310 e. The third kappa shape index (κ3) is 4.10. The lowest BCUT2D eigenvalue weighted by Gasteiger charge is -2.23. The molecular weight excluding hydrogens is 349 g/mol. The molecule has 6 heteroatoms. The first-order valence-corrected chi connectivity index (χ1v) is 8.85. The van der Waals surface area contributed by atoms with Crippen LogP contribution < -0.4 is 10.1 Å². The Kier molecular flexibility index (Phi) is 5.17. The fourth-order valence-corrected chi connectivity index (χ4v) is 3.50. The van der Waals surface area contributed by atoms with Gasteiger partial charge >= 0.3 is 5.97 Å². The molecule has 2 aromatic rings. The molecule has 0 aromatic heterocycles. The summed E-state index contributed by atoms with van der Waals surface area (Å²) < 4.78 is 19.2. The summed E-state index contributed by atoms with van der Waals surface area (Å²) in [5.41, 5.74) is 0.898. The average Bonchev–Trinajstić information content (AvgIpc) is 2.96. The van der Waals surface area contributed by atoms with E-state index in [0.717, 1.165) is 11.1 Å². The van der Waals surface area contributed by atoms with Crippen molar-refractivity contribution >= 4 is 17.6 Å². The van der Waals surface area contributed by atoms with E-state index in [2.05, 4.69) is 5.32 Å². The minimum Gasteiger partial charge on any atom is -0.489 e. The number of carbonyl (C=O) groups excluding carboxylic acids is 1. The van der Waals surface area contributed by atoms with Crippen LogP contribution in [0.15, 0.2) is 42.5 Å². The minimum atomic E-state index is -1.19. The van der Waals surface area contributed by atoms with Gasteiger partial charge in [0.15, 0.2) is 0 Å². The predicted molar refractivity (Wildman–Crippen MR) is 99.3 cm³/mol. The van der Waals surface area contributed by atoms with Crippen LogP contribution in [0, 0.1) is 11.2 Å². The first kappa shape index (κ1) is 18.9. The summed E-state index contributed by atoms with van der Waals surface area (Å²) in [6, 6.07) is 11.4. The molecule has 27 heavy (non-hydrogen) atoms. The Balaban J connectivity index is 1.79. The number of nitrogens with one attached hydrogen (secondary N) is 1. The van der Waals surface area contributed by atoms with Crippen LogP contribution >= 0.6 is 0 Å². The number of carboxylic acids is 1. The van der Waals surface area contributed by atoms with Gasteiger partial charge in [-0.05, 0) is 49.9 Å². The highest BCUT2D eigenvalue weighted by Gasteiger charge is 2.45. The molecule has 0 saturated carbocycles. The number of ether oxygens (including phenoxy) is 1. The monoisotopic (exact) mass is 371 g/mol. The Morgan fingerprint density at radius 3 is 2.37 bits per heavy atom. The number of hydrogen-bond acceptors (Lipinski definition) is 3. The molecule has 142 valence electrons. The van der Waals surface area contributed by atoms with Crippen LogP contribution in [-0.2, 0) is 22.4 Å². The number of halogens is 1. The molecule has 0 heterocycles. The van der Waals surface area contributed by atoms with Crippen molar-refractivity contribution in [2.45, 2.75) is 39.2 Å². The van der Waals surface area contributed by atoms with Crippen LogP contribution in [0.4, 0.5) is 10.1 Å². The average molecular weight is 371 g/mol. The van der Waals surface area contributed by atoms with E-state index in [9.17, 15) is 19.1 Å². The van der Waals surface area contributed by atoms with Gasteiger partial charge in [0, 0.05) is 12.5 Å². The number of aliphatic carboxylic acids is 1. The SMILES string of the molecule is CC(C)Oc1ccc(F)cc1NC(=O)CC1(C(=O)O)Cc2ccccc2C1. The fraction of sp³-hybridized carbons (Fsp3) is 0.333. The van der Waals surface area contributed by atoms with Gasteiger partial charge in [0.2, 0.25) is 5.91 Å². The van der Waals surface area contributed by atoms with Gasteiger partial charge in [-0.15, -0.1) is 0 Å². The van der Waals surface area contributed by atoms with E-state index in [1.165, 1.54) is 18.2 Å². The van der Waals surface area contributed by atoms with E-state index in [1.807, 2.05) is 38.1 Å². The van der Waals surface area contributed by atoms with Crippen molar-refractivity contribution in [3.05, 3.63) is 59.4 Å². The van der Waals surface area contributed by atoms with Crippen LogP contribution in [0.3, 0.4) is 0 Å². The molecule has 2 N–H and O–H groups in total. The molecule has 3 rings (SSSR count). The van der Waals surface area contributed by atoms with Gasteiger partial charge < -0.3 is 15.2 Å². The van der Waals surface area contributed by atoms with E-state index >= 15 is 0 Å². The van der Waals surface area contributed by atoms with Gasteiger partial charge in [-0.2, -0.15) is 0 Å². The zero-order valence-electron chi connectivity index (χ0n) is 15.3.